The molecule has 5 heteroatoms. The molecule has 3 nitrogen and oxygen atoms in total. The third-order valence-electron chi connectivity index (χ3n) is 2.82. The molecule has 0 fully saturated rings. The molecule has 3 aromatic rings. The predicted octanol–water partition coefficient (Wildman–Crippen LogP) is 3.30. The van der Waals surface area contributed by atoms with E-state index >= 15 is 0 Å². The van der Waals surface area contributed by atoms with Gasteiger partial charge in [-0.05, 0) is 41.3 Å². The van der Waals surface area contributed by atoms with Crippen LogP contribution in [0.25, 0.3) is 10.1 Å². The third kappa shape index (κ3) is 2.51. The molecule has 0 saturated heterocycles. The van der Waals surface area contributed by atoms with E-state index in [0.717, 1.165) is 15.6 Å². The second-order valence-electron chi connectivity index (χ2n) is 4.19. The fourth-order valence-corrected chi connectivity index (χ4v) is 2.82. The van der Waals surface area contributed by atoms with Crippen LogP contribution in [0.1, 0.15) is 15.2 Å². The van der Waals surface area contributed by atoms with E-state index in [4.69, 9.17) is 0 Å². The molecular weight excluding hydrogens is 263 g/mol. The van der Waals surface area contributed by atoms with Gasteiger partial charge in [-0.15, -0.1) is 11.3 Å². The number of carbonyl (C=O) groups is 1. The average molecular weight is 274 g/mol. The number of H-pyrrole nitrogens is 1. The van der Waals surface area contributed by atoms with Crippen LogP contribution >= 0.6 is 11.3 Å². The summed E-state index contributed by atoms with van der Waals surface area (Å²) >= 11 is 1.36. The molecule has 0 radical (unpaired) electrons. The van der Waals surface area contributed by atoms with Gasteiger partial charge >= 0.3 is 0 Å². The predicted molar refractivity (Wildman–Crippen MR) is 73.7 cm³/mol. The first-order valence-corrected chi connectivity index (χ1v) is 6.63. The van der Waals surface area contributed by atoms with Crippen LogP contribution in [0.4, 0.5) is 4.39 Å². The SMILES string of the molecule is O=C(NCc1cc[nH]c1)c1cc2cc(F)ccc2s1. The van der Waals surface area contributed by atoms with Crippen molar-refractivity contribution in [2.24, 2.45) is 0 Å². The lowest BCUT2D eigenvalue weighted by Crippen LogP contribution is -2.21. The van der Waals surface area contributed by atoms with E-state index in [1.54, 1.807) is 12.1 Å². The minimum Gasteiger partial charge on any atom is -0.367 e. The highest BCUT2D eigenvalue weighted by molar-refractivity contribution is 7.20. The van der Waals surface area contributed by atoms with Gasteiger partial charge in [-0.3, -0.25) is 4.79 Å². The molecule has 96 valence electrons. The molecular formula is C14H11FN2OS. The van der Waals surface area contributed by atoms with Crippen molar-refractivity contribution in [3.8, 4) is 0 Å². The number of aromatic nitrogens is 1. The number of halogens is 1. The summed E-state index contributed by atoms with van der Waals surface area (Å²) in [5.41, 5.74) is 1.01. The van der Waals surface area contributed by atoms with Crippen LogP contribution in [0.3, 0.4) is 0 Å². The van der Waals surface area contributed by atoms with Gasteiger partial charge in [0.2, 0.25) is 0 Å². The van der Waals surface area contributed by atoms with Crippen molar-refractivity contribution in [1.82, 2.24) is 10.3 Å². The molecule has 0 aliphatic rings. The number of benzene rings is 1. The summed E-state index contributed by atoms with van der Waals surface area (Å²) in [5, 5.41) is 3.60. The Bertz CT molecular complexity index is 718. The first-order chi connectivity index (χ1) is 9.22. The van der Waals surface area contributed by atoms with Crippen molar-refractivity contribution in [1.29, 1.82) is 0 Å². The van der Waals surface area contributed by atoms with Crippen molar-refractivity contribution >= 4 is 27.3 Å². The van der Waals surface area contributed by atoms with E-state index in [-0.39, 0.29) is 11.7 Å². The molecule has 2 heterocycles. The lowest BCUT2D eigenvalue weighted by molar-refractivity contribution is 0.0955. The number of rotatable bonds is 3. The zero-order valence-corrected chi connectivity index (χ0v) is 10.8. The maximum atomic E-state index is 13.1. The number of amides is 1. The summed E-state index contributed by atoms with van der Waals surface area (Å²) in [5.74, 6) is -0.424. The molecule has 2 N–H and O–H groups in total. The van der Waals surface area contributed by atoms with Crippen molar-refractivity contribution in [2.75, 3.05) is 0 Å². The molecule has 0 aliphatic carbocycles. The van der Waals surface area contributed by atoms with Crippen molar-refractivity contribution in [3.63, 3.8) is 0 Å². The number of nitrogens with one attached hydrogen (secondary N) is 2. The molecule has 1 amide bonds. The first kappa shape index (κ1) is 11.9. The zero-order chi connectivity index (χ0) is 13.2. The molecule has 0 atom stereocenters. The Balaban J connectivity index is 1.77. The van der Waals surface area contributed by atoms with Crippen LogP contribution in [0, 0.1) is 5.82 Å². The molecule has 0 bridgehead atoms. The number of fused-ring (bicyclic) bond motifs is 1. The number of hydrogen-bond acceptors (Lipinski definition) is 2. The second kappa shape index (κ2) is 4.85. The third-order valence-corrected chi connectivity index (χ3v) is 3.93. The summed E-state index contributed by atoms with van der Waals surface area (Å²) in [6.45, 7) is 0.477. The van der Waals surface area contributed by atoms with Gasteiger partial charge < -0.3 is 10.3 Å². The van der Waals surface area contributed by atoms with Gasteiger partial charge in [0, 0.05) is 23.6 Å². The highest BCUT2D eigenvalue weighted by Gasteiger charge is 2.10. The van der Waals surface area contributed by atoms with Crippen LogP contribution in [-0.2, 0) is 6.54 Å². The fourth-order valence-electron chi connectivity index (χ4n) is 1.86. The van der Waals surface area contributed by atoms with E-state index in [9.17, 15) is 9.18 Å². The van der Waals surface area contributed by atoms with Gasteiger partial charge in [-0.25, -0.2) is 4.39 Å². The molecule has 19 heavy (non-hydrogen) atoms. The highest BCUT2D eigenvalue weighted by atomic mass is 32.1. The second-order valence-corrected chi connectivity index (χ2v) is 5.28. The van der Waals surface area contributed by atoms with E-state index < -0.39 is 0 Å². The largest absolute Gasteiger partial charge is 0.367 e. The van der Waals surface area contributed by atoms with Crippen molar-refractivity contribution in [2.45, 2.75) is 6.54 Å². The molecule has 0 aliphatic heterocycles. The summed E-state index contributed by atoms with van der Waals surface area (Å²) in [6.07, 6.45) is 3.64. The van der Waals surface area contributed by atoms with Crippen molar-refractivity contribution < 1.29 is 9.18 Å². The summed E-state index contributed by atoms with van der Waals surface area (Å²) in [7, 11) is 0. The quantitative estimate of drug-likeness (QED) is 0.756. The lowest BCUT2D eigenvalue weighted by Gasteiger charge is -2.00. The minimum atomic E-state index is -0.287. The maximum absolute atomic E-state index is 13.1. The minimum absolute atomic E-state index is 0.136. The fraction of sp³-hybridized carbons (Fsp3) is 0.0714. The van der Waals surface area contributed by atoms with Gasteiger partial charge in [-0.2, -0.15) is 0 Å². The number of hydrogen-bond donors (Lipinski definition) is 2. The number of thiophene rings is 1. The van der Waals surface area contributed by atoms with Crippen LogP contribution in [0.5, 0.6) is 0 Å². The van der Waals surface area contributed by atoms with E-state index in [0.29, 0.717) is 11.4 Å². The van der Waals surface area contributed by atoms with Crippen LogP contribution in [0.15, 0.2) is 42.7 Å². The average Bonchev–Trinajstić information content (AvgIpc) is 3.04. The van der Waals surface area contributed by atoms with Gasteiger partial charge in [0.1, 0.15) is 5.82 Å². The zero-order valence-electron chi connectivity index (χ0n) is 9.94. The summed E-state index contributed by atoms with van der Waals surface area (Å²) < 4.78 is 14.0. The van der Waals surface area contributed by atoms with Gasteiger partial charge in [0.05, 0.1) is 4.88 Å². The van der Waals surface area contributed by atoms with Gasteiger partial charge in [0.15, 0.2) is 0 Å². The molecule has 3 rings (SSSR count). The summed E-state index contributed by atoms with van der Waals surface area (Å²) in [4.78, 5) is 15.5. The summed E-state index contributed by atoms with van der Waals surface area (Å²) in [6, 6.07) is 8.16. The normalized spacial score (nSPS) is 10.8. The van der Waals surface area contributed by atoms with Crippen LogP contribution in [0.2, 0.25) is 0 Å². The van der Waals surface area contributed by atoms with Crippen LogP contribution in [-0.4, -0.2) is 10.9 Å². The van der Waals surface area contributed by atoms with E-state index in [2.05, 4.69) is 10.3 Å². The molecule has 0 unspecified atom stereocenters. The first-order valence-electron chi connectivity index (χ1n) is 5.81. The molecule has 2 aromatic heterocycles. The number of carbonyl (C=O) groups excluding carboxylic acids is 1. The topological polar surface area (TPSA) is 44.9 Å². The van der Waals surface area contributed by atoms with Crippen molar-refractivity contribution in [3.05, 3.63) is 59.0 Å². The monoisotopic (exact) mass is 274 g/mol. The Kier molecular flexibility index (Phi) is 3.05. The Morgan fingerprint density at radius 3 is 3.00 bits per heavy atom. The Labute approximate surface area is 113 Å². The smallest absolute Gasteiger partial charge is 0.261 e. The maximum Gasteiger partial charge on any atom is 0.261 e. The molecule has 1 aromatic carbocycles. The molecule has 0 saturated carbocycles. The van der Waals surface area contributed by atoms with E-state index in [1.807, 2.05) is 18.5 Å². The van der Waals surface area contributed by atoms with Gasteiger partial charge in [0.25, 0.3) is 5.91 Å². The van der Waals surface area contributed by atoms with E-state index in [1.165, 1.54) is 23.5 Å². The van der Waals surface area contributed by atoms with Gasteiger partial charge in [-0.1, -0.05) is 0 Å². The Hall–Kier alpha value is -2.14. The Morgan fingerprint density at radius 2 is 2.21 bits per heavy atom. The Morgan fingerprint density at radius 1 is 1.32 bits per heavy atom. The standard InChI is InChI=1S/C14H11FN2OS/c15-11-1-2-12-10(5-11)6-13(19-12)14(18)17-8-9-3-4-16-7-9/h1-7,16H,8H2,(H,17,18). The highest BCUT2D eigenvalue weighted by Crippen LogP contribution is 2.26. The molecule has 0 spiro atoms. The van der Waals surface area contributed by atoms with Crippen LogP contribution < -0.4 is 5.32 Å². The lowest BCUT2D eigenvalue weighted by atomic mass is 10.2. The number of aromatic amines is 1.